The van der Waals surface area contributed by atoms with Crippen LogP contribution in [0.2, 0.25) is 5.02 Å². The van der Waals surface area contributed by atoms with Crippen molar-refractivity contribution in [3.05, 3.63) is 76.9 Å². The first-order valence-electron chi connectivity index (χ1n) is 11.6. The molecule has 1 aromatic heterocycles. The monoisotopic (exact) mass is 570 g/mol. The third-order valence-corrected chi connectivity index (χ3v) is 7.11. The molecular formula is C26H24BrClN4O4. The van der Waals surface area contributed by atoms with Gasteiger partial charge in [-0.2, -0.15) is 0 Å². The molecule has 186 valence electrons. The van der Waals surface area contributed by atoms with Gasteiger partial charge < -0.3 is 14.9 Å². The Morgan fingerprint density at radius 1 is 1.19 bits per heavy atom. The number of para-hydroxylation sites is 1. The summed E-state index contributed by atoms with van der Waals surface area (Å²) in [6, 6.07) is 16.5. The highest BCUT2D eigenvalue weighted by Crippen LogP contribution is 2.33. The number of pyridine rings is 1. The lowest BCUT2D eigenvalue weighted by Crippen LogP contribution is -2.47. The Bertz CT molecular complexity index is 1300. The second-order valence-electron chi connectivity index (χ2n) is 8.89. The molecule has 36 heavy (non-hydrogen) atoms. The van der Waals surface area contributed by atoms with Crippen LogP contribution in [0.4, 0.5) is 4.79 Å². The number of nitrogens with one attached hydrogen (secondary N) is 1. The van der Waals surface area contributed by atoms with E-state index in [1.165, 1.54) is 4.90 Å². The van der Waals surface area contributed by atoms with Crippen molar-refractivity contribution in [2.75, 3.05) is 13.1 Å². The summed E-state index contributed by atoms with van der Waals surface area (Å²) in [6.45, 7) is 0.725. The van der Waals surface area contributed by atoms with E-state index in [0.29, 0.717) is 35.6 Å². The van der Waals surface area contributed by atoms with Gasteiger partial charge in [0, 0.05) is 41.1 Å². The number of carbonyl (C=O) groups is 2. The fourth-order valence-electron chi connectivity index (χ4n) is 4.52. The summed E-state index contributed by atoms with van der Waals surface area (Å²) >= 11 is 9.35. The molecule has 3 heterocycles. The van der Waals surface area contributed by atoms with Gasteiger partial charge in [0.1, 0.15) is 17.3 Å². The van der Waals surface area contributed by atoms with Gasteiger partial charge in [0.05, 0.1) is 12.1 Å². The predicted molar refractivity (Wildman–Crippen MR) is 140 cm³/mol. The summed E-state index contributed by atoms with van der Waals surface area (Å²) in [7, 11) is 0. The first-order chi connectivity index (χ1) is 17.5. The number of hydrogen-bond acceptors (Lipinski definition) is 6. The summed E-state index contributed by atoms with van der Waals surface area (Å²) < 4.78 is 6.34. The summed E-state index contributed by atoms with van der Waals surface area (Å²) in [6.07, 6.45) is 1.98. The highest BCUT2D eigenvalue weighted by atomic mass is 79.9. The molecule has 1 fully saturated rings. The molecule has 0 bridgehead atoms. The zero-order valence-corrected chi connectivity index (χ0v) is 21.6. The molecule has 3 unspecified atom stereocenters. The largest absolute Gasteiger partial charge is 0.444 e. The van der Waals surface area contributed by atoms with E-state index < -0.39 is 12.1 Å². The Balaban J connectivity index is 1.27. The topological polar surface area (TPSA) is 93.1 Å². The van der Waals surface area contributed by atoms with E-state index in [4.69, 9.17) is 21.2 Å². The van der Waals surface area contributed by atoms with Crippen molar-refractivity contribution in [1.82, 2.24) is 15.2 Å². The number of halogens is 2. The van der Waals surface area contributed by atoms with Crippen LogP contribution < -0.4 is 5.32 Å². The number of carbonyl (C=O) groups excluding carboxylic acids is 2. The summed E-state index contributed by atoms with van der Waals surface area (Å²) in [5.41, 5.74) is 2.67. The van der Waals surface area contributed by atoms with Gasteiger partial charge in [0.2, 0.25) is 5.91 Å². The van der Waals surface area contributed by atoms with Crippen LogP contribution in [0, 0.1) is 0 Å². The normalized spacial score (nSPS) is 21.2. The van der Waals surface area contributed by atoms with Crippen molar-refractivity contribution in [3.63, 3.8) is 0 Å². The standard InChI is InChI=1S/C26H24BrClN4O4/c27-24-11-21(36-31-24)13-30-25(33)23-10-19(17-5-7-20(28)8-6-17)14-32(23)26(34)35-15-16-9-18-3-1-2-4-22(18)29-12-16/h1-9,12,19,21,23H,10-11,13-15H2,(H,30,33). The minimum absolute atomic E-state index is 0.0203. The quantitative estimate of drug-likeness (QED) is 0.450. The van der Waals surface area contributed by atoms with Gasteiger partial charge in [0.15, 0.2) is 6.10 Å². The van der Waals surface area contributed by atoms with Crippen molar-refractivity contribution in [3.8, 4) is 0 Å². The molecule has 0 radical (unpaired) electrons. The van der Waals surface area contributed by atoms with Crippen LogP contribution in [0.1, 0.15) is 29.9 Å². The van der Waals surface area contributed by atoms with Crippen molar-refractivity contribution in [1.29, 1.82) is 0 Å². The maximum Gasteiger partial charge on any atom is 0.410 e. The molecule has 3 atom stereocenters. The van der Waals surface area contributed by atoms with Gasteiger partial charge >= 0.3 is 6.09 Å². The number of benzene rings is 2. The Hall–Kier alpha value is -3.17. The Morgan fingerprint density at radius 2 is 2.00 bits per heavy atom. The van der Waals surface area contributed by atoms with Crippen LogP contribution in [-0.2, 0) is 21.0 Å². The molecule has 0 saturated carbocycles. The van der Waals surface area contributed by atoms with Gasteiger partial charge in [-0.25, -0.2) is 4.79 Å². The van der Waals surface area contributed by atoms with E-state index in [-0.39, 0.29) is 24.5 Å². The average Bonchev–Trinajstić information content (AvgIpc) is 3.53. The van der Waals surface area contributed by atoms with Crippen LogP contribution in [-0.4, -0.2) is 51.7 Å². The first-order valence-corrected chi connectivity index (χ1v) is 12.8. The lowest BCUT2D eigenvalue weighted by atomic mass is 9.96. The van der Waals surface area contributed by atoms with Gasteiger partial charge in [-0.3, -0.25) is 14.7 Å². The van der Waals surface area contributed by atoms with Gasteiger partial charge in [-0.1, -0.05) is 47.1 Å². The number of aromatic nitrogens is 1. The molecule has 2 aromatic carbocycles. The lowest BCUT2D eigenvalue weighted by Gasteiger charge is -2.23. The number of hydrogen-bond donors (Lipinski definition) is 1. The van der Waals surface area contributed by atoms with E-state index in [1.807, 2.05) is 54.6 Å². The molecule has 0 spiro atoms. The van der Waals surface area contributed by atoms with Crippen molar-refractivity contribution >= 4 is 55.1 Å². The molecule has 8 nitrogen and oxygen atoms in total. The average molecular weight is 572 g/mol. The number of nitrogens with zero attached hydrogens (tertiary/aromatic N) is 3. The Labute approximate surface area is 221 Å². The van der Waals surface area contributed by atoms with Gasteiger partial charge in [-0.05, 0) is 52.2 Å². The number of ether oxygens (including phenoxy) is 1. The molecule has 10 heteroatoms. The number of oxime groups is 1. The minimum Gasteiger partial charge on any atom is -0.444 e. The zero-order valence-electron chi connectivity index (χ0n) is 19.3. The SMILES string of the molecule is O=C(NCC1CC(Br)=NO1)C1CC(c2ccc(Cl)cc2)CN1C(=O)OCc1cnc2ccccc2c1. The molecule has 2 aliphatic rings. The summed E-state index contributed by atoms with van der Waals surface area (Å²) in [4.78, 5) is 37.5. The van der Waals surface area contributed by atoms with E-state index in [2.05, 4.69) is 31.4 Å². The smallest absolute Gasteiger partial charge is 0.410 e. The lowest BCUT2D eigenvalue weighted by molar-refractivity contribution is -0.125. The molecule has 1 N–H and O–H groups in total. The van der Waals surface area contributed by atoms with Crippen molar-refractivity contribution in [2.45, 2.75) is 37.5 Å². The third-order valence-electron chi connectivity index (χ3n) is 6.39. The van der Waals surface area contributed by atoms with Crippen LogP contribution in [0.15, 0.2) is 65.9 Å². The van der Waals surface area contributed by atoms with Gasteiger partial charge in [0.25, 0.3) is 0 Å². The first kappa shape index (κ1) is 24.5. The summed E-state index contributed by atoms with van der Waals surface area (Å²) in [5, 5.41) is 8.36. The molecular weight excluding hydrogens is 548 g/mol. The van der Waals surface area contributed by atoms with Crippen LogP contribution >= 0.6 is 27.5 Å². The maximum atomic E-state index is 13.2. The number of fused-ring (bicyclic) bond motifs is 1. The third kappa shape index (κ3) is 5.63. The number of likely N-dealkylation sites (tertiary alicyclic amines) is 1. The Kier molecular flexibility index (Phi) is 7.38. The van der Waals surface area contributed by atoms with Crippen molar-refractivity contribution in [2.24, 2.45) is 5.16 Å². The highest BCUT2D eigenvalue weighted by molar-refractivity contribution is 9.18. The van der Waals surface area contributed by atoms with Gasteiger partial charge in [-0.15, -0.1) is 0 Å². The van der Waals surface area contributed by atoms with E-state index in [1.54, 1.807) is 6.20 Å². The van der Waals surface area contributed by atoms with Crippen LogP contribution in [0.3, 0.4) is 0 Å². The summed E-state index contributed by atoms with van der Waals surface area (Å²) in [5.74, 6) is -0.268. The fraction of sp³-hybridized carbons (Fsp3) is 0.308. The van der Waals surface area contributed by atoms with E-state index in [0.717, 1.165) is 22.0 Å². The molecule has 2 aliphatic heterocycles. The molecule has 3 aromatic rings. The van der Waals surface area contributed by atoms with Crippen LogP contribution in [0.5, 0.6) is 0 Å². The van der Waals surface area contributed by atoms with E-state index >= 15 is 0 Å². The fourth-order valence-corrected chi connectivity index (χ4v) is 5.09. The second-order valence-corrected chi connectivity index (χ2v) is 10.2. The molecule has 5 rings (SSSR count). The zero-order chi connectivity index (χ0) is 25.1. The second kappa shape index (κ2) is 10.8. The van der Waals surface area contributed by atoms with Crippen molar-refractivity contribution < 1.29 is 19.2 Å². The van der Waals surface area contributed by atoms with Crippen LogP contribution in [0.25, 0.3) is 10.9 Å². The molecule has 1 saturated heterocycles. The number of rotatable bonds is 6. The highest BCUT2D eigenvalue weighted by Gasteiger charge is 2.41. The maximum absolute atomic E-state index is 13.2. The molecule has 0 aliphatic carbocycles. The van der Waals surface area contributed by atoms with E-state index in [9.17, 15) is 9.59 Å². The molecule has 2 amide bonds. The predicted octanol–water partition coefficient (Wildman–Crippen LogP) is 5.00. The number of amides is 2. The Morgan fingerprint density at radius 3 is 2.78 bits per heavy atom. The minimum atomic E-state index is -0.668.